The van der Waals surface area contributed by atoms with Crippen molar-refractivity contribution in [3.8, 4) is 0 Å². The highest BCUT2D eigenvalue weighted by molar-refractivity contribution is 6.02. The average Bonchev–Trinajstić information content (AvgIpc) is 2.33. The van der Waals surface area contributed by atoms with Crippen LogP contribution in [-0.4, -0.2) is 20.9 Å². The van der Waals surface area contributed by atoms with Crippen molar-refractivity contribution in [2.75, 3.05) is 5.32 Å². The van der Waals surface area contributed by atoms with Gasteiger partial charge in [-0.2, -0.15) is 13.8 Å². The molecule has 0 aromatic carbocycles. The third-order valence-electron chi connectivity index (χ3n) is 1.97. The van der Waals surface area contributed by atoms with Crippen LogP contribution < -0.4 is 10.9 Å². The maximum absolute atomic E-state index is 13.1. The van der Waals surface area contributed by atoms with E-state index in [1.807, 2.05) is 0 Å². The van der Waals surface area contributed by atoms with Crippen LogP contribution in [0.5, 0.6) is 0 Å². The molecule has 6 nitrogen and oxygen atoms in total. The maximum Gasteiger partial charge on any atom is 0.275 e. The average molecular weight is 252 g/mol. The lowest BCUT2D eigenvalue weighted by Crippen LogP contribution is -2.18. The van der Waals surface area contributed by atoms with Crippen LogP contribution in [0.25, 0.3) is 0 Å². The lowest BCUT2D eigenvalue weighted by atomic mass is 10.3. The van der Waals surface area contributed by atoms with Gasteiger partial charge >= 0.3 is 0 Å². The van der Waals surface area contributed by atoms with Gasteiger partial charge in [-0.3, -0.25) is 9.59 Å². The molecule has 0 bridgehead atoms. The molecule has 0 saturated carbocycles. The van der Waals surface area contributed by atoms with Crippen LogP contribution >= 0.6 is 0 Å². The smallest absolute Gasteiger partial charge is 0.275 e. The van der Waals surface area contributed by atoms with Crippen molar-refractivity contribution < 1.29 is 13.6 Å². The zero-order chi connectivity index (χ0) is 13.1. The van der Waals surface area contributed by atoms with E-state index in [1.165, 1.54) is 0 Å². The molecule has 0 aliphatic heterocycles. The fourth-order valence-corrected chi connectivity index (χ4v) is 1.16. The monoisotopic (exact) mass is 252 g/mol. The molecule has 0 fully saturated rings. The van der Waals surface area contributed by atoms with Gasteiger partial charge in [-0.05, 0) is 12.1 Å². The van der Waals surface area contributed by atoms with Crippen molar-refractivity contribution in [2.45, 2.75) is 0 Å². The van der Waals surface area contributed by atoms with Crippen LogP contribution in [0.15, 0.2) is 29.3 Å². The molecule has 2 aromatic rings. The van der Waals surface area contributed by atoms with E-state index in [2.05, 4.69) is 20.3 Å². The molecule has 0 radical (unpaired) electrons. The highest BCUT2D eigenvalue weighted by Crippen LogP contribution is 2.12. The first-order valence-corrected chi connectivity index (χ1v) is 4.74. The van der Waals surface area contributed by atoms with Crippen molar-refractivity contribution in [3.63, 3.8) is 0 Å². The topological polar surface area (TPSA) is 87.7 Å². The van der Waals surface area contributed by atoms with Gasteiger partial charge in [0.15, 0.2) is 0 Å². The normalized spacial score (nSPS) is 10.1. The van der Waals surface area contributed by atoms with Gasteiger partial charge in [0, 0.05) is 6.20 Å². The molecule has 0 atom stereocenters. The molecule has 2 heterocycles. The number of rotatable bonds is 2. The molecule has 92 valence electrons. The number of anilines is 1. The Kier molecular flexibility index (Phi) is 3.09. The summed E-state index contributed by atoms with van der Waals surface area (Å²) in [4.78, 5) is 31.0. The molecule has 2 rings (SSSR count). The lowest BCUT2D eigenvalue weighted by molar-refractivity contribution is 0.102. The molecular formula is C10H6F2N4O2. The number of halogens is 2. The molecule has 8 heteroatoms. The number of H-pyrrole nitrogens is 1. The minimum Gasteiger partial charge on any atom is -0.325 e. The van der Waals surface area contributed by atoms with Gasteiger partial charge in [0.1, 0.15) is 5.69 Å². The molecular weight excluding hydrogens is 246 g/mol. The number of aromatic nitrogens is 3. The summed E-state index contributed by atoms with van der Waals surface area (Å²) in [6, 6.07) is 1.93. The minimum atomic E-state index is -1.15. The van der Waals surface area contributed by atoms with Crippen molar-refractivity contribution in [1.82, 2.24) is 15.0 Å². The third-order valence-corrected chi connectivity index (χ3v) is 1.97. The molecule has 2 N–H and O–H groups in total. The Bertz CT molecular complexity index is 636. The first-order chi connectivity index (χ1) is 8.56. The van der Waals surface area contributed by atoms with E-state index in [0.717, 1.165) is 24.5 Å². The van der Waals surface area contributed by atoms with Crippen LogP contribution in [0.4, 0.5) is 14.5 Å². The number of hydrogen-bond donors (Lipinski definition) is 2. The summed E-state index contributed by atoms with van der Waals surface area (Å²) in [6.45, 7) is 0. The summed E-state index contributed by atoms with van der Waals surface area (Å²) in [6.07, 6.45) is 1.99. The van der Waals surface area contributed by atoms with Crippen LogP contribution in [-0.2, 0) is 0 Å². The van der Waals surface area contributed by atoms with Crippen molar-refractivity contribution in [2.24, 2.45) is 0 Å². The molecule has 0 aliphatic rings. The van der Waals surface area contributed by atoms with Gasteiger partial charge < -0.3 is 10.3 Å². The van der Waals surface area contributed by atoms with E-state index in [0.29, 0.717) is 0 Å². The number of hydrogen-bond acceptors (Lipinski definition) is 4. The SMILES string of the molecule is O=C(Nc1ccc(F)nc1F)c1c[nH]c(=O)cn1. The molecule has 0 spiro atoms. The van der Waals surface area contributed by atoms with Crippen LogP contribution in [0, 0.1) is 11.9 Å². The van der Waals surface area contributed by atoms with Crippen LogP contribution in [0.2, 0.25) is 0 Å². The standard InChI is InChI=1S/C10H6F2N4O2/c11-7-2-1-5(9(12)16-7)15-10(18)6-3-14-8(17)4-13-6/h1-4H,(H,14,17)(H,15,18). The Balaban J connectivity index is 2.21. The molecule has 1 amide bonds. The largest absolute Gasteiger partial charge is 0.325 e. The zero-order valence-corrected chi connectivity index (χ0v) is 8.78. The number of nitrogens with zero attached hydrogens (tertiary/aromatic N) is 2. The molecule has 0 aliphatic carbocycles. The quantitative estimate of drug-likeness (QED) is 0.770. The van der Waals surface area contributed by atoms with Crippen molar-refractivity contribution >= 4 is 11.6 Å². The van der Waals surface area contributed by atoms with Gasteiger partial charge in [-0.15, -0.1) is 0 Å². The number of aromatic amines is 1. The van der Waals surface area contributed by atoms with E-state index >= 15 is 0 Å². The zero-order valence-electron chi connectivity index (χ0n) is 8.78. The van der Waals surface area contributed by atoms with Crippen molar-refractivity contribution in [3.05, 3.63) is 52.5 Å². The van der Waals surface area contributed by atoms with Crippen LogP contribution in [0.3, 0.4) is 0 Å². The number of carbonyl (C=O) groups excluding carboxylic acids is 1. The Hall–Kier alpha value is -2.64. The molecule has 0 unspecified atom stereocenters. The number of amides is 1. The second-order valence-electron chi connectivity index (χ2n) is 3.22. The van der Waals surface area contributed by atoms with Crippen molar-refractivity contribution in [1.29, 1.82) is 0 Å². The lowest BCUT2D eigenvalue weighted by Gasteiger charge is -2.04. The van der Waals surface area contributed by atoms with Gasteiger partial charge in [0.25, 0.3) is 11.5 Å². The highest BCUT2D eigenvalue weighted by atomic mass is 19.1. The first-order valence-electron chi connectivity index (χ1n) is 4.74. The second-order valence-corrected chi connectivity index (χ2v) is 3.22. The number of pyridine rings is 1. The fraction of sp³-hybridized carbons (Fsp3) is 0. The molecule has 0 saturated heterocycles. The third kappa shape index (κ3) is 2.54. The van der Waals surface area contributed by atoms with Gasteiger partial charge in [0.2, 0.25) is 11.9 Å². The first kappa shape index (κ1) is 11.8. The summed E-state index contributed by atoms with van der Waals surface area (Å²) in [5, 5.41) is 2.15. The van der Waals surface area contributed by atoms with Gasteiger partial charge in [-0.1, -0.05) is 0 Å². The van der Waals surface area contributed by atoms with Gasteiger partial charge in [0.05, 0.1) is 11.9 Å². The van der Waals surface area contributed by atoms with E-state index in [9.17, 15) is 18.4 Å². The maximum atomic E-state index is 13.1. The highest BCUT2D eigenvalue weighted by Gasteiger charge is 2.12. The second kappa shape index (κ2) is 4.70. The Morgan fingerprint density at radius 2 is 2.11 bits per heavy atom. The summed E-state index contributed by atoms with van der Waals surface area (Å²) in [7, 11) is 0. The summed E-state index contributed by atoms with van der Waals surface area (Å²) < 4.78 is 25.7. The predicted molar refractivity (Wildman–Crippen MR) is 57.0 cm³/mol. The van der Waals surface area contributed by atoms with E-state index < -0.39 is 23.4 Å². The van der Waals surface area contributed by atoms with E-state index in [1.54, 1.807) is 0 Å². The Labute approximate surface area is 98.7 Å². The molecule has 2 aromatic heterocycles. The number of carbonyl (C=O) groups is 1. The summed E-state index contributed by atoms with van der Waals surface area (Å²) >= 11 is 0. The van der Waals surface area contributed by atoms with E-state index in [4.69, 9.17) is 0 Å². The fourth-order valence-electron chi connectivity index (χ4n) is 1.16. The Morgan fingerprint density at radius 3 is 2.72 bits per heavy atom. The number of nitrogens with one attached hydrogen (secondary N) is 2. The predicted octanol–water partition coefficient (Wildman–Crippen LogP) is 0.695. The van der Waals surface area contributed by atoms with E-state index in [-0.39, 0.29) is 11.4 Å². The minimum absolute atomic E-state index is 0.113. The van der Waals surface area contributed by atoms with Crippen LogP contribution in [0.1, 0.15) is 10.5 Å². The molecule has 18 heavy (non-hydrogen) atoms. The summed E-state index contributed by atoms with van der Waals surface area (Å²) in [5.41, 5.74) is -0.867. The Morgan fingerprint density at radius 1 is 1.33 bits per heavy atom. The summed E-state index contributed by atoms with van der Waals surface area (Å²) in [5.74, 6) is -2.89. The van der Waals surface area contributed by atoms with Gasteiger partial charge in [-0.25, -0.2) is 4.98 Å².